The van der Waals surface area contributed by atoms with E-state index >= 15 is 0 Å². The van der Waals surface area contributed by atoms with E-state index in [9.17, 15) is 0 Å². The zero-order valence-corrected chi connectivity index (χ0v) is 58.6. The monoisotopic (exact) mass is 1270 g/mol. The molecule has 0 bridgehead atoms. The van der Waals surface area contributed by atoms with Crippen LogP contribution in [-0.2, 0) is 21.7 Å². The SMILES string of the molecule is CC(C)(C)c1ccc(-c2ccc3c(c2)N(c2c(-c4ccccc4)cccc2-c2ccccc2)c2cc(-n4c5ccc(C(C)(C)C)cc5c5cc(C(C)(C)C)ccc54)cc4c2B3c2ccc(-c3ccccc3)cc2N4c2c(-c3ccccc3)cccc2-c2ccccc2)c(C(C)(C)C)c1. The molecule has 13 aromatic carbocycles. The summed E-state index contributed by atoms with van der Waals surface area (Å²) in [6.45, 7) is 27.9. The highest BCUT2D eigenvalue weighted by molar-refractivity contribution is 7.00. The molecule has 98 heavy (non-hydrogen) atoms. The summed E-state index contributed by atoms with van der Waals surface area (Å²) in [5, 5.41) is 2.50. The van der Waals surface area contributed by atoms with Gasteiger partial charge < -0.3 is 14.4 Å². The number of hydrogen-bond donors (Lipinski definition) is 0. The van der Waals surface area contributed by atoms with E-state index < -0.39 is 0 Å². The van der Waals surface area contributed by atoms with Crippen molar-refractivity contribution in [1.29, 1.82) is 0 Å². The zero-order chi connectivity index (χ0) is 67.6. The Labute approximate surface area is 580 Å². The van der Waals surface area contributed by atoms with Crippen LogP contribution in [0.3, 0.4) is 0 Å². The third kappa shape index (κ3) is 10.7. The lowest BCUT2D eigenvalue weighted by Gasteiger charge is -2.46. The summed E-state index contributed by atoms with van der Waals surface area (Å²) >= 11 is 0. The molecule has 2 aliphatic rings. The van der Waals surface area contributed by atoms with Crippen LogP contribution in [0.15, 0.2) is 291 Å². The van der Waals surface area contributed by atoms with Gasteiger partial charge in [0, 0.05) is 55.8 Å². The van der Waals surface area contributed by atoms with Gasteiger partial charge >= 0.3 is 0 Å². The first-order valence-electron chi connectivity index (χ1n) is 35.0. The smallest absolute Gasteiger partial charge is 0.252 e. The largest absolute Gasteiger partial charge is 0.310 e. The average molecular weight is 1270 g/mol. The lowest BCUT2D eigenvalue weighted by Crippen LogP contribution is -2.61. The third-order valence-electron chi connectivity index (χ3n) is 20.8. The highest BCUT2D eigenvalue weighted by atomic mass is 15.2. The van der Waals surface area contributed by atoms with E-state index in [1.165, 1.54) is 77.1 Å². The van der Waals surface area contributed by atoms with E-state index in [4.69, 9.17) is 0 Å². The van der Waals surface area contributed by atoms with E-state index in [0.29, 0.717) is 0 Å². The van der Waals surface area contributed by atoms with Gasteiger partial charge in [0.1, 0.15) is 0 Å². The lowest BCUT2D eigenvalue weighted by molar-refractivity contribution is 0.570. The summed E-state index contributed by atoms with van der Waals surface area (Å²) in [7, 11) is 0. The second kappa shape index (κ2) is 23.6. The maximum atomic E-state index is 2.72. The van der Waals surface area contributed by atoms with Gasteiger partial charge in [-0.1, -0.05) is 326 Å². The summed E-state index contributed by atoms with van der Waals surface area (Å²) < 4.78 is 2.60. The molecule has 3 heterocycles. The van der Waals surface area contributed by atoms with Crippen LogP contribution in [0.25, 0.3) is 94.3 Å². The molecule has 3 nitrogen and oxygen atoms in total. The van der Waals surface area contributed by atoms with E-state index in [-0.39, 0.29) is 28.4 Å². The molecule has 16 rings (SSSR count). The minimum atomic E-state index is -0.217. The molecule has 0 fully saturated rings. The van der Waals surface area contributed by atoms with Crippen LogP contribution < -0.4 is 26.2 Å². The average Bonchev–Trinajstić information content (AvgIpc) is 1.24. The van der Waals surface area contributed by atoms with Crippen LogP contribution in [0.5, 0.6) is 0 Å². The molecule has 0 N–H and O–H groups in total. The minimum absolute atomic E-state index is 0.0362. The number of fused-ring (bicyclic) bond motifs is 7. The Morgan fingerprint density at radius 1 is 0.255 bits per heavy atom. The first-order chi connectivity index (χ1) is 47.2. The van der Waals surface area contributed by atoms with Crippen LogP contribution in [0.2, 0.25) is 0 Å². The molecule has 0 spiro atoms. The molecule has 0 aliphatic carbocycles. The molecule has 0 atom stereocenters. The molecule has 0 radical (unpaired) electrons. The zero-order valence-electron chi connectivity index (χ0n) is 58.6. The molecule has 2 aliphatic heterocycles. The Bertz CT molecular complexity index is 5220. The van der Waals surface area contributed by atoms with Gasteiger partial charge in [-0.3, -0.25) is 0 Å². The molecule has 0 saturated carbocycles. The molecule has 0 unspecified atom stereocenters. The van der Waals surface area contributed by atoms with Gasteiger partial charge in [-0.05, 0) is 153 Å². The van der Waals surface area contributed by atoms with Gasteiger partial charge in [0.15, 0.2) is 0 Å². The quantitative estimate of drug-likeness (QED) is 0.133. The van der Waals surface area contributed by atoms with Crippen LogP contribution in [0.1, 0.15) is 105 Å². The number of rotatable bonds is 9. The van der Waals surface area contributed by atoms with Crippen molar-refractivity contribution in [3.63, 3.8) is 0 Å². The van der Waals surface area contributed by atoms with Gasteiger partial charge in [0.05, 0.1) is 28.1 Å². The molecular weight excluding hydrogens is 1180 g/mol. The molecule has 14 aromatic rings. The molecular formula is C94H84BN3. The first-order valence-corrected chi connectivity index (χ1v) is 35.0. The molecule has 4 heteroatoms. The van der Waals surface area contributed by atoms with Crippen molar-refractivity contribution in [1.82, 2.24) is 4.57 Å². The topological polar surface area (TPSA) is 11.4 Å². The van der Waals surface area contributed by atoms with Crippen molar-refractivity contribution in [2.75, 3.05) is 9.80 Å². The highest BCUT2D eigenvalue weighted by Crippen LogP contribution is 2.55. The number of aromatic nitrogens is 1. The van der Waals surface area contributed by atoms with Gasteiger partial charge in [0.25, 0.3) is 6.71 Å². The standard InChI is InChI=1S/C94H84BN3/c1-91(2,3)68-47-52-82-77(56-68)78-57-69(92(4,5)6)48-53-83(78)96(82)71-59-86-88-87(60-71)98(90-75(64-36-24-16-25-37-64)42-29-43-76(90)65-38-26-17-27-39-65)85-55-67(72-49-46-70(93(7,8)9)58-79(72)94(10,11)12)45-51-81(85)95(88)80-50-44-66(61-30-18-13-19-31-61)54-84(80)97(86)89-73(62-32-20-14-21-33-62)40-28-41-74(89)63-34-22-15-23-35-63/h13-60H,1-12H3. The minimum Gasteiger partial charge on any atom is -0.310 e. The predicted molar refractivity (Wildman–Crippen MR) is 422 cm³/mol. The Morgan fingerprint density at radius 2 is 0.612 bits per heavy atom. The van der Waals surface area contributed by atoms with Gasteiger partial charge in [-0.15, -0.1) is 0 Å². The van der Waals surface area contributed by atoms with Crippen molar-refractivity contribution in [2.24, 2.45) is 0 Å². The second-order valence-electron chi connectivity index (χ2n) is 31.3. The number of anilines is 6. The fourth-order valence-corrected chi connectivity index (χ4v) is 15.7. The maximum Gasteiger partial charge on any atom is 0.252 e. The summed E-state index contributed by atoms with van der Waals surface area (Å²) in [6, 6.07) is 111. The van der Waals surface area contributed by atoms with E-state index in [0.717, 1.165) is 89.9 Å². The molecule has 1 aromatic heterocycles. The van der Waals surface area contributed by atoms with Crippen LogP contribution >= 0.6 is 0 Å². The maximum absolute atomic E-state index is 2.72. The van der Waals surface area contributed by atoms with E-state index in [1.54, 1.807) is 0 Å². The van der Waals surface area contributed by atoms with Gasteiger partial charge in [0.2, 0.25) is 0 Å². The summed E-state index contributed by atoms with van der Waals surface area (Å²) in [5.74, 6) is 0. The van der Waals surface area contributed by atoms with Crippen LogP contribution in [-0.4, -0.2) is 11.3 Å². The van der Waals surface area contributed by atoms with Crippen LogP contribution in [0, 0.1) is 0 Å². The normalized spacial score (nSPS) is 13.0. The van der Waals surface area contributed by atoms with Crippen molar-refractivity contribution in [3.8, 4) is 72.4 Å². The third-order valence-corrected chi connectivity index (χ3v) is 20.8. The highest BCUT2D eigenvalue weighted by Gasteiger charge is 2.46. The van der Waals surface area contributed by atoms with E-state index in [1.807, 2.05) is 0 Å². The molecule has 478 valence electrons. The Hall–Kier alpha value is -10.7. The van der Waals surface area contributed by atoms with E-state index in [2.05, 4.69) is 389 Å². The first kappa shape index (κ1) is 62.2. The molecule has 0 saturated heterocycles. The fraction of sp³-hybridized carbons (Fsp3) is 0.170. The second-order valence-corrected chi connectivity index (χ2v) is 31.3. The van der Waals surface area contributed by atoms with Crippen LogP contribution in [0.4, 0.5) is 34.1 Å². The predicted octanol–water partition coefficient (Wildman–Crippen LogP) is 24.1. The summed E-state index contributed by atoms with van der Waals surface area (Å²) in [5.41, 5.74) is 32.8. The number of hydrogen-bond acceptors (Lipinski definition) is 2. The number of para-hydroxylation sites is 2. The Morgan fingerprint density at radius 3 is 1.00 bits per heavy atom. The lowest BCUT2D eigenvalue weighted by atomic mass is 9.33. The molecule has 0 amide bonds. The Kier molecular flexibility index (Phi) is 14.9. The number of nitrogens with zero attached hydrogens (tertiary/aromatic N) is 3. The van der Waals surface area contributed by atoms with Crippen molar-refractivity contribution >= 4 is 79.0 Å². The fourth-order valence-electron chi connectivity index (χ4n) is 15.7. The van der Waals surface area contributed by atoms with Gasteiger partial charge in [-0.25, -0.2) is 0 Å². The van der Waals surface area contributed by atoms with Crippen molar-refractivity contribution in [3.05, 3.63) is 313 Å². The summed E-state index contributed by atoms with van der Waals surface area (Å²) in [6.07, 6.45) is 0. The van der Waals surface area contributed by atoms with Crippen molar-refractivity contribution < 1.29 is 0 Å². The number of benzene rings is 13. The Balaban J connectivity index is 1.12. The van der Waals surface area contributed by atoms with Gasteiger partial charge in [-0.2, -0.15) is 0 Å². The van der Waals surface area contributed by atoms with Crippen molar-refractivity contribution in [2.45, 2.75) is 105 Å². The summed E-state index contributed by atoms with van der Waals surface area (Å²) in [4.78, 5) is 5.41.